The highest BCUT2D eigenvalue weighted by Gasteiger charge is 2.36. The molecular formula is C20H20N2O3. The van der Waals surface area contributed by atoms with Crippen molar-refractivity contribution in [2.75, 3.05) is 0 Å². The number of hydrogen-bond donors (Lipinski definition) is 1. The lowest BCUT2D eigenvalue weighted by atomic mass is 9.98. The summed E-state index contributed by atoms with van der Waals surface area (Å²) in [6.07, 6.45) is 0.356. The van der Waals surface area contributed by atoms with Gasteiger partial charge < -0.3 is 5.32 Å². The lowest BCUT2D eigenvalue weighted by molar-refractivity contribution is -0.146. The van der Waals surface area contributed by atoms with Crippen molar-refractivity contribution < 1.29 is 14.4 Å². The molecule has 1 N–H and O–H groups in total. The Balaban J connectivity index is 1.84. The van der Waals surface area contributed by atoms with Gasteiger partial charge in [0.25, 0.3) is 0 Å². The SMILES string of the molecule is C[C@@H](C(=O)NC(c1ccccc1)c1ccccc1)N1C(=O)CCC1=O. The van der Waals surface area contributed by atoms with Gasteiger partial charge in [-0.2, -0.15) is 0 Å². The van der Waals surface area contributed by atoms with Crippen LogP contribution in [0.2, 0.25) is 0 Å². The summed E-state index contributed by atoms with van der Waals surface area (Å²) in [5.74, 6) is -0.923. The summed E-state index contributed by atoms with van der Waals surface area (Å²) in [4.78, 5) is 37.6. The van der Waals surface area contributed by atoms with Gasteiger partial charge in [0.1, 0.15) is 6.04 Å². The van der Waals surface area contributed by atoms with Gasteiger partial charge >= 0.3 is 0 Å². The molecule has 0 radical (unpaired) electrons. The lowest BCUT2D eigenvalue weighted by Crippen LogP contribution is -2.48. The van der Waals surface area contributed by atoms with Gasteiger partial charge in [-0.25, -0.2) is 0 Å². The van der Waals surface area contributed by atoms with Gasteiger partial charge in [0, 0.05) is 12.8 Å². The third kappa shape index (κ3) is 3.60. The normalized spacial score (nSPS) is 15.5. The number of nitrogens with zero attached hydrogens (tertiary/aromatic N) is 1. The van der Waals surface area contributed by atoms with Crippen LogP contribution in [0.1, 0.15) is 36.9 Å². The minimum Gasteiger partial charge on any atom is -0.343 e. The molecule has 0 unspecified atom stereocenters. The Hall–Kier alpha value is -2.95. The fourth-order valence-corrected chi connectivity index (χ4v) is 3.06. The number of rotatable bonds is 5. The monoisotopic (exact) mass is 336 g/mol. The number of likely N-dealkylation sites (tertiary alicyclic amines) is 1. The molecule has 25 heavy (non-hydrogen) atoms. The van der Waals surface area contributed by atoms with E-state index in [0.29, 0.717) is 0 Å². The van der Waals surface area contributed by atoms with Gasteiger partial charge in [0.2, 0.25) is 17.7 Å². The molecule has 0 bridgehead atoms. The fourth-order valence-electron chi connectivity index (χ4n) is 3.06. The number of nitrogens with one attached hydrogen (secondary N) is 1. The first kappa shape index (κ1) is 16.9. The first-order valence-electron chi connectivity index (χ1n) is 8.33. The van der Waals surface area contributed by atoms with Gasteiger partial charge in [-0.15, -0.1) is 0 Å². The zero-order valence-electron chi connectivity index (χ0n) is 14.0. The summed E-state index contributed by atoms with van der Waals surface area (Å²) in [5.41, 5.74) is 1.88. The maximum absolute atomic E-state index is 12.7. The number of benzene rings is 2. The van der Waals surface area contributed by atoms with Crippen LogP contribution in [0.25, 0.3) is 0 Å². The fraction of sp³-hybridized carbons (Fsp3) is 0.250. The molecule has 0 aromatic heterocycles. The van der Waals surface area contributed by atoms with Crippen LogP contribution >= 0.6 is 0 Å². The predicted octanol–water partition coefficient (Wildman–Crippen LogP) is 2.43. The average molecular weight is 336 g/mol. The van der Waals surface area contributed by atoms with Crippen molar-refractivity contribution >= 4 is 17.7 Å². The number of imide groups is 1. The quantitative estimate of drug-likeness (QED) is 0.853. The van der Waals surface area contributed by atoms with Crippen molar-refractivity contribution in [1.82, 2.24) is 10.2 Å². The average Bonchev–Trinajstić information content (AvgIpc) is 2.98. The van der Waals surface area contributed by atoms with Gasteiger partial charge in [-0.05, 0) is 18.1 Å². The second-order valence-electron chi connectivity index (χ2n) is 6.10. The van der Waals surface area contributed by atoms with Crippen molar-refractivity contribution in [2.24, 2.45) is 0 Å². The number of amides is 3. The minimum absolute atomic E-state index is 0.178. The van der Waals surface area contributed by atoms with E-state index in [1.54, 1.807) is 6.92 Å². The first-order chi connectivity index (χ1) is 12.1. The van der Waals surface area contributed by atoms with Gasteiger partial charge in [0.15, 0.2) is 0 Å². The van der Waals surface area contributed by atoms with Crippen LogP contribution < -0.4 is 5.32 Å². The molecule has 5 heteroatoms. The van der Waals surface area contributed by atoms with E-state index in [-0.39, 0.29) is 36.6 Å². The second-order valence-corrected chi connectivity index (χ2v) is 6.10. The van der Waals surface area contributed by atoms with Crippen LogP contribution in [0.15, 0.2) is 60.7 Å². The number of hydrogen-bond acceptors (Lipinski definition) is 3. The zero-order chi connectivity index (χ0) is 17.8. The highest BCUT2D eigenvalue weighted by molar-refractivity contribution is 6.05. The third-order valence-corrected chi connectivity index (χ3v) is 4.41. The molecule has 3 rings (SSSR count). The predicted molar refractivity (Wildman–Crippen MR) is 93.4 cm³/mol. The summed E-state index contributed by atoms with van der Waals surface area (Å²) < 4.78 is 0. The van der Waals surface area contributed by atoms with E-state index >= 15 is 0 Å². The lowest BCUT2D eigenvalue weighted by Gasteiger charge is -2.26. The Morgan fingerprint density at radius 2 is 1.32 bits per heavy atom. The topological polar surface area (TPSA) is 66.5 Å². The van der Waals surface area contributed by atoms with Crippen LogP contribution in [-0.4, -0.2) is 28.7 Å². The van der Waals surface area contributed by atoms with E-state index in [0.717, 1.165) is 16.0 Å². The van der Waals surface area contributed by atoms with Crippen molar-refractivity contribution in [3.05, 3.63) is 71.8 Å². The molecule has 0 aliphatic carbocycles. The van der Waals surface area contributed by atoms with Gasteiger partial charge in [-0.1, -0.05) is 60.7 Å². The molecule has 2 aromatic carbocycles. The molecule has 3 amide bonds. The third-order valence-electron chi connectivity index (χ3n) is 4.41. The van der Waals surface area contributed by atoms with Gasteiger partial charge in [-0.3, -0.25) is 19.3 Å². The highest BCUT2D eigenvalue weighted by Crippen LogP contribution is 2.23. The van der Waals surface area contributed by atoms with E-state index < -0.39 is 6.04 Å². The van der Waals surface area contributed by atoms with Crippen LogP contribution in [0.4, 0.5) is 0 Å². The minimum atomic E-state index is -0.822. The van der Waals surface area contributed by atoms with E-state index in [1.807, 2.05) is 60.7 Å². The number of carbonyl (C=O) groups excluding carboxylic acids is 3. The molecule has 0 spiro atoms. The second kappa shape index (κ2) is 7.30. The standard InChI is InChI=1S/C20H20N2O3/c1-14(22-17(23)12-13-18(22)24)20(25)21-19(15-8-4-2-5-9-15)16-10-6-3-7-11-16/h2-11,14,19H,12-13H2,1H3,(H,21,25)/t14-/m0/s1. The highest BCUT2D eigenvalue weighted by atomic mass is 16.2. The van der Waals surface area contributed by atoms with Crippen LogP contribution in [-0.2, 0) is 14.4 Å². The molecule has 1 aliphatic rings. The molecule has 0 saturated carbocycles. The van der Waals surface area contributed by atoms with E-state index in [2.05, 4.69) is 5.32 Å². The van der Waals surface area contributed by atoms with E-state index in [9.17, 15) is 14.4 Å². The van der Waals surface area contributed by atoms with Crippen LogP contribution in [0.5, 0.6) is 0 Å². The largest absolute Gasteiger partial charge is 0.343 e. The van der Waals surface area contributed by atoms with Crippen LogP contribution in [0, 0.1) is 0 Å². The Bertz CT molecular complexity index is 719. The van der Waals surface area contributed by atoms with Crippen molar-refractivity contribution in [1.29, 1.82) is 0 Å². The Morgan fingerprint density at radius 1 is 0.880 bits per heavy atom. The summed E-state index contributed by atoms with van der Waals surface area (Å²) >= 11 is 0. The smallest absolute Gasteiger partial charge is 0.243 e. The first-order valence-corrected chi connectivity index (χ1v) is 8.33. The van der Waals surface area contributed by atoms with E-state index in [1.165, 1.54) is 0 Å². The van der Waals surface area contributed by atoms with Gasteiger partial charge in [0.05, 0.1) is 6.04 Å². The summed E-state index contributed by atoms with van der Waals surface area (Å²) in [6, 6.07) is 18.1. The molecule has 1 atom stereocenters. The zero-order valence-corrected chi connectivity index (χ0v) is 14.0. The van der Waals surface area contributed by atoms with Crippen molar-refractivity contribution in [2.45, 2.75) is 31.8 Å². The summed E-state index contributed by atoms with van der Waals surface area (Å²) in [7, 11) is 0. The van der Waals surface area contributed by atoms with Crippen LogP contribution in [0.3, 0.4) is 0 Å². The Labute approximate surface area is 146 Å². The molecule has 2 aromatic rings. The Kier molecular flexibility index (Phi) is 4.93. The maximum Gasteiger partial charge on any atom is 0.243 e. The molecule has 1 aliphatic heterocycles. The van der Waals surface area contributed by atoms with E-state index in [4.69, 9.17) is 0 Å². The molecule has 1 heterocycles. The number of carbonyl (C=O) groups is 3. The summed E-state index contributed by atoms with van der Waals surface area (Å²) in [5, 5.41) is 2.98. The molecular weight excluding hydrogens is 316 g/mol. The molecule has 1 fully saturated rings. The van der Waals surface area contributed by atoms with Crippen molar-refractivity contribution in [3.63, 3.8) is 0 Å². The van der Waals surface area contributed by atoms with Crippen molar-refractivity contribution in [3.8, 4) is 0 Å². The maximum atomic E-state index is 12.7. The summed E-state index contributed by atoms with van der Waals surface area (Å²) in [6.45, 7) is 1.59. The Morgan fingerprint density at radius 3 is 1.76 bits per heavy atom. The molecule has 1 saturated heterocycles. The molecule has 5 nitrogen and oxygen atoms in total. The molecule has 128 valence electrons.